The maximum Gasteiger partial charge on any atom is 0.407 e. The Morgan fingerprint density at radius 2 is 1.82 bits per heavy atom. The van der Waals surface area contributed by atoms with Crippen molar-refractivity contribution in [3.8, 4) is 0 Å². The van der Waals surface area contributed by atoms with Crippen LogP contribution < -0.4 is 10.6 Å². The van der Waals surface area contributed by atoms with Gasteiger partial charge in [0.1, 0.15) is 5.60 Å². The van der Waals surface area contributed by atoms with Crippen LogP contribution in [0.5, 0.6) is 0 Å². The molecule has 2 aliphatic rings. The van der Waals surface area contributed by atoms with Gasteiger partial charge in [-0.25, -0.2) is 4.79 Å². The molecule has 2 aliphatic carbocycles. The average molecular weight is 310 g/mol. The van der Waals surface area contributed by atoms with Crippen LogP contribution in [0.2, 0.25) is 0 Å². The number of nitrogens with one attached hydrogen (secondary N) is 2. The summed E-state index contributed by atoms with van der Waals surface area (Å²) in [6, 6.07) is 1.03. The molecule has 0 bridgehead atoms. The lowest BCUT2D eigenvalue weighted by atomic mass is 9.79. The molecule has 0 heterocycles. The van der Waals surface area contributed by atoms with Crippen molar-refractivity contribution in [2.75, 3.05) is 6.54 Å². The Bertz CT molecular complexity index is 353. The molecule has 1 unspecified atom stereocenters. The second kappa shape index (κ2) is 7.67. The highest BCUT2D eigenvalue weighted by Gasteiger charge is 2.31. The van der Waals surface area contributed by atoms with Crippen LogP contribution in [0.1, 0.15) is 72.6 Å². The zero-order valence-electron chi connectivity index (χ0n) is 14.8. The maximum atomic E-state index is 11.9. The Morgan fingerprint density at radius 3 is 2.36 bits per heavy atom. The molecule has 2 fully saturated rings. The fourth-order valence-electron chi connectivity index (χ4n) is 3.75. The highest BCUT2D eigenvalue weighted by Crippen LogP contribution is 2.30. The quantitative estimate of drug-likeness (QED) is 0.811. The Morgan fingerprint density at radius 1 is 1.18 bits per heavy atom. The second-order valence-electron chi connectivity index (χ2n) is 8.33. The topological polar surface area (TPSA) is 50.4 Å². The van der Waals surface area contributed by atoms with E-state index in [1.807, 2.05) is 20.8 Å². The van der Waals surface area contributed by atoms with E-state index in [1.165, 1.54) is 44.9 Å². The molecule has 0 aromatic carbocycles. The van der Waals surface area contributed by atoms with Crippen molar-refractivity contribution in [3.63, 3.8) is 0 Å². The highest BCUT2D eigenvalue weighted by atomic mass is 16.6. The van der Waals surface area contributed by atoms with Crippen LogP contribution in [0.25, 0.3) is 0 Å². The summed E-state index contributed by atoms with van der Waals surface area (Å²) < 4.78 is 5.36. The van der Waals surface area contributed by atoms with Crippen molar-refractivity contribution in [3.05, 3.63) is 0 Å². The van der Waals surface area contributed by atoms with E-state index in [0.717, 1.165) is 5.92 Å². The number of carbonyl (C=O) groups excluding carboxylic acids is 1. The molecule has 2 N–H and O–H groups in total. The molecule has 0 saturated heterocycles. The third-order valence-electron chi connectivity index (χ3n) is 4.91. The van der Waals surface area contributed by atoms with E-state index in [4.69, 9.17) is 4.74 Å². The van der Waals surface area contributed by atoms with Gasteiger partial charge in [-0.05, 0) is 58.3 Å². The molecule has 0 aromatic rings. The Balaban J connectivity index is 1.82. The lowest BCUT2D eigenvalue weighted by molar-refractivity contribution is 0.0510. The van der Waals surface area contributed by atoms with Crippen molar-refractivity contribution >= 4 is 6.09 Å². The van der Waals surface area contributed by atoms with Crippen molar-refractivity contribution in [1.29, 1.82) is 0 Å². The minimum Gasteiger partial charge on any atom is -0.444 e. The summed E-state index contributed by atoms with van der Waals surface area (Å²) in [6.07, 6.45) is 8.85. The van der Waals surface area contributed by atoms with Gasteiger partial charge in [0.25, 0.3) is 0 Å². The predicted molar refractivity (Wildman–Crippen MR) is 89.9 cm³/mol. The molecule has 0 spiro atoms. The van der Waals surface area contributed by atoms with Gasteiger partial charge in [-0.3, -0.25) is 0 Å². The van der Waals surface area contributed by atoms with Crippen molar-refractivity contribution in [2.24, 2.45) is 11.8 Å². The molecule has 4 nitrogen and oxygen atoms in total. The molecule has 4 heteroatoms. The molecule has 0 aromatic heterocycles. The van der Waals surface area contributed by atoms with Gasteiger partial charge in [0.05, 0.1) is 0 Å². The van der Waals surface area contributed by atoms with Crippen LogP contribution in [0.3, 0.4) is 0 Å². The maximum absolute atomic E-state index is 11.9. The largest absolute Gasteiger partial charge is 0.444 e. The number of hydrogen-bond donors (Lipinski definition) is 2. The Labute approximate surface area is 135 Å². The summed E-state index contributed by atoms with van der Waals surface area (Å²) >= 11 is 0. The normalized spacial score (nSPS) is 27.8. The fourth-order valence-corrected chi connectivity index (χ4v) is 3.75. The zero-order valence-corrected chi connectivity index (χ0v) is 14.8. The first-order valence-corrected chi connectivity index (χ1v) is 9.06. The van der Waals surface area contributed by atoms with Crippen molar-refractivity contribution in [2.45, 2.75) is 90.3 Å². The summed E-state index contributed by atoms with van der Waals surface area (Å²) in [5.41, 5.74) is -0.429. The van der Waals surface area contributed by atoms with Crippen LogP contribution in [0, 0.1) is 11.8 Å². The molecule has 2 saturated carbocycles. The highest BCUT2D eigenvalue weighted by molar-refractivity contribution is 5.67. The van der Waals surface area contributed by atoms with Gasteiger partial charge in [0.15, 0.2) is 0 Å². The van der Waals surface area contributed by atoms with E-state index in [2.05, 4.69) is 17.6 Å². The summed E-state index contributed by atoms with van der Waals surface area (Å²) in [5, 5.41) is 6.78. The van der Waals surface area contributed by atoms with E-state index in [0.29, 0.717) is 24.5 Å². The average Bonchev–Trinajstić information content (AvgIpc) is 2.40. The number of alkyl carbamates (subject to hydrolysis) is 1. The van der Waals surface area contributed by atoms with Crippen LogP contribution in [-0.2, 0) is 4.74 Å². The molecule has 2 rings (SSSR count). The summed E-state index contributed by atoms with van der Waals surface area (Å²) in [4.78, 5) is 11.9. The second-order valence-corrected chi connectivity index (χ2v) is 8.33. The lowest BCUT2D eigenvalue weighted by Crippen LogP contribution is -2.53. The summed E-state index contributed by atoms with van der Waals surface area (Å²) in [7, 11) is 0. The minimum absolute atomic E-state index is 0.294. The van der Waals surface area contributed by atoms with Crippen LogP contribution in [0.15, 0.2) is 0 Å². The van der Waals surface area contributed by atoms with E-state index in [1.54, 1.807) is 0 Å². The van der Waals surface area contributed by atoms with E-state index >= 15 is 0 Å². The van der Waals surface area contributed by atoms with Gasteiger partial charge < -0.3 is 15.4 Å². The number of amides is 1. The first kappa shape index (κ1) is 17.6. The molecule has 0 aliphatic heterocycles. The number of ether oxygens (including phenoxy) is 1. The standard InChI is InChI=1S/C18H34N2O2/c1-13-10-15(11-13)20-16(14-8-6-5-7-9-14)12-19-17(21)22-18(2,3)4/h13-16,20H,5-12H2,1-4H3,(H,19,21). The number of carbonyl (C=O) groups is 1. The lowest BCUT2D eigenvalue weighted by Gasteiger charge is -2.40. The first-order chi connectivity index (χ1) is 10.3. The van der Waals surface area contributed by atoms with Gasteiger partial charge >= 0.3 is 6.09 Å². The summed E-state index contributed by atoms with van der Waals surface area (Å²) in [6.45, 7) is 8.70. The third kappa shape index (κ3) is 5.79. The predicted octanol–water partition coefficient (Wildman–Crippen LogP) is 3.85. The zero-order chi connectivity index (χ0) is 16.2. The summed E-state index contributed by atoms with van der Waals surface area (Å²) in [5.74, 6) is 1.54. The van der Waals surface area contributed by atoms with Crippen LogP contribution in [-0.4, -0.2) is 30.3 Å². The smallest absolute Gasteiger partial charge is 0.407 e. The Kier molecular flexibility index (Phi) is 6.13. The van der Waals surface area contributed by atoms with E-state index in [-0.39, 0.29) is 6.09 Å². The molecule has 1 atom stereocenters. The number of hydrogen-bond acceptors (Lipinski definition) is 3. The van der Waals surface area contributed by atoms with Crippen LogP contribution in [0.4, 0.5) is 4.79 Å². The fraction of sp³-hybridized carbons (Fsp3) is 0.944. The molecule has 1 amide bonds. The monoisotopic (exact) mass is 310 g/mol. The van der Waals surface area contributed by atoms with Crippen LogP contribution >= 0.6 is 0 Å². The van der Waals surface area contributed by atoms with Crippen molar-refractivity contribution in [1.82, 2.24) is 10.6 Å². The number of rotatable bonds is 5. The Hall–Kier alpha value is -0.770. The molecule has 22 heavy (non-hydrogen) atoms. The van der Waals surface area contributed by atoms with Gasteiger partial charge in [0, 0.05) is 18.6 Å². The van der Waals surface area contributed by atoms with E-state index in [9.17, 15) is 4.79 Å². The van der Waals surface area contributed by atoms with Gasteiger partial charge in [0.2, 0.25) is 0 Å². The molecule has 128 valence electrons. The van der Waals surface area contributed by atoms with Gasteiger partial charge in [-0.15, -0.1) is 0 Å². The molecule has 0 radical (unpaired) electrons. The first-order valence-electron chi connectivity index (χ1n) is 9.06. The van der Waals surface area contributed by atoms with Gasteiger partial charge in [-0.2, -0.15) is 0 Å². The minimum atomic E-state index is -0.429. The third-order valence-corrected chi connectivity index (χ3v) is 4.91. The molecular formula is C18H34N2O2. The SMILES string of the molecule is CC1CC(NC(CNC(=O)OC(C)(C)C)C2CCCCC2)C1. The van der Waals surface area contributed by atoms with E-state index < -0.39 is 5.60 Å². The van der Waals surface area contributed by atoms with Crippen molar-refractivity contribution < 1.29 is 9.53 Å². The van der Waals surface area contributed by atoms with Gasteiger partial charge in [-0.1, -0.05) is 26.2 Å². The molecular weight excluding hydrogens is 276 g/mol.